The molecule has 168 valence electrons. The van der Waals surface area contributed by atoms with Crippen molar-refractivity contribution in [2.75, 3.05) is 26.2 Å². The first-order valence-corrected chi connectivity index (χ1v) is 11.8. The maximum Gasteiger partial charge on any atom is 0.249 e. The van der Waals surface area contributed by atoms with E-state index in [1.165, 1.54) is 12.8 Å². The third-order valence-corrected chi connectivity index (χ3v) is 6.34. The lowest BCUT2D eigenvalue weighted by atomic mass is 10.2. The molecule has 0 radical (unpaired) electrons. The molecule has 1 aromatic carbocycles. The van der Waals surface area contributed by atoms with Crippen LogP contribution in [0.15, 0.2) is 24.3 Å². The molecule has 4 rings (SSSR count). The normalized spacial score (nSPS) is 19.5. The number of carbonyl (C=O) groups is 2. The summed E-state index contributed by atoms with van der Waals surface area (Å²) < 4.78 is 7.62. The van der Waals surface area contributed by atoms with Crippen LogP contribution in [0.3, 0.4) is 0 Å². The Morgan fingerprint density at radius 3 is 2.68 bits per heavy atom. The Hall–Kier alpha value is -2.41. The SMILES string of the molecule is O=C(NCCCc1nc2ccccc2n1CCC(=O)N1CCCCCC1)C1CCCO1. The number of aromatic nitrogens is 2. The standard InChI is InChI=1S/C24H34N4O3/c29-23(27-15-5-1-2-6-16-27)13-17-28-20-10-4-3-9-19(20)26-22(28)12-7-14-25-24(30)21-11-8-18-31-21/h3-4,9-10,21H,1-2,5-8,11-18H2,(H,25,30). The number of likely N-dealkylation sites (tertiary alicyclic amines) is 1. The summed E-state index contributed by atoms with van der Waals surface area (Å²) in [6.45, 7) is 3.71. The molecular formula is C24H34N4O3. The van der Waals surface area contributed by atoms with Crippen molar-refractivity contribution in [3.05, 3.63) is 30.1 Å². The van der Waals surface area contributed by atoms with Gasteiger partial charge in [0.2, 0.25) is 11.8 Å². The smallest absolute Gasteiger partial charge is 0.249 e. The van der Waals surface area contributed by atoms with Gasteiger partial charge in [-0.1, -0.05) is 25.0 Å². The number of ether oxygens (including phenoxy) is 1. The number of carbonyl (C=O) groups excluding carboxylic acids is 2. The average Bonchev–Trinajstić information content (AvgIpc) is 3.35. The van der Waals surface area contributed by atoms with Gasteiger partial charge < -0.3 is 19.5 Å². The van der Waals surface area contributed by atoms with E-state index in [9.17, 15) is 9.59 Å². The van der Waals surface area contributed by atoms with E-state index in [1.807, 2.05) is 23.1 Å². The largest absolute Gasteiger partial charge is 0.368 e. The van der Waals surface area contributed by atoms with Gasteiger partial charge in [0.05, 0.1) is 11.0 Å². The van der Waals surface area contributed by atoms with Crippen LogP contribution in [-0.4, -0.2) is 58.6 Å². The molecule has 1 N–H and O–H groups in total. The molecular weight excluding hydrogens is 392 g/mol. The van der Waals surface area contributed by atoms with Crippen molar-refractivity contribution < 1.29 is 14.3 Å². The molecule has 2 aliphatic rings. The van der Waals surface area contributed by atoms with Gasteiger partial charge in [0, 0.05) is 45.6 Å². The van der Waals surface area contributed by atoms with Gasteiger partial charge in [0.25, 0.3) is 0 Å². The number of aryl methyl sites for hydroxylation is 2. The summed E-state index contributed by atoms with van der Waals surface area (Å²) in [5, 5.41) is 2.99. The summed E-state index contributed by atoms with van der Waals surface area (Å²) in [5.41, 5.74) is 2.03. The number of imidazole rings is 1. The average molecular weight is 427 g/mol. The minimum atomic E-state index is -0.283. The molecule has 1 aromatic heterocycles. The predicted molar refractivity (Wildman–Crippen MR) is 120 cm³/mol. The molecule has 2 saturated heterocycles. The highest BCUT2D eigenvalue weighted by molar-refractivity contribution is 5.81. The predicted octanol–water partition coefficient (Wildman–Crippen LogP) is 3.06. The van der Waals surface area contributed by atoms with Crippen LogP contribution in [0.25, 0.3) is 11.0 Å². The van der Waals surface area contributed by atoms with E-state index < -0.39 is 0 Å². The van der Waals surface area contributed by atoms with Crippen LogP contribution in [0.2, 0.25) is 0 Å². The summed E-state index contributed by atoms with van der Waals surface area (Å²) in [7, 11) is 0. The van der Waals surface area contributed by atoms with Crippen molar-refractivity contribution in [1.29, 1.82) is 0 Å². The fourth-order valence-electron chi connectivity index (χ4n) is 4.61. The topological polar surface area (TPSA) is 76.5 Å². The Morgan fingerprint density at radius 2 is 1.90 bits per heavy atom. The molecule has 0 bridgehead atoms. The number of fused-ring (bicyclic) bond motifs is 1. The second-order valence-corrected chi connectivity index (χ2v) is 8.61. The highest BCUT2D eigenvalue weighted by Gasteiger charge is 2.23. The number of rotatable bonds is 8. The van der Waals surface area contributed by atoms with Crippen molar-refractivity contribution in [3.8, 4) is 0 Å². The highest BCUT2D eigenvalue weighted by Crippen LogP contribution is 2.19. The molecule has 0 saturated carbocycles. The van der Waals surface area contributed by atoms with Crippen molar-refractivity contribution in [3.63, 3.8) is 0 Å². The van der Waals surface area contributed by atoms with E-state index in [2.05, 4.69) is 16.0 Å². The van der Waals surface area contributed by atoms with Crippen LogP contribution >= 0.6 is 0 Å². The molecule has 7 nitrogen and oxygen atoms in total. The van der Waals surface area contributed by atoms with Gasteiger partial charge in [-0.2, -0.15) is 0 Å². The summed E-state index contributed by atoms with van der Waals surface area (Å²) in [6.07, 6.45) is 8.24. The summed E-state index contributed by atoms with van der Waals surface area (Å²) >= 11 is 0. The van der Waals surface area contributed by atoms with Gasteiger partial charge >= 0.3 is 0 Å². The minimum Gasteiger partial charge on any atom is -0.368 e. The fourth-order valence-corrected chi connectivity index (χ4v) is 4.61. The number of hydrogen-bond donors (Lipinski definition) is 1. The zero-order valence-corrected chi connectivity index (χ0v) is 18.4. The van der Waals surface area contributed by atoms with Gasteiger partial charge in [0.15, 0.2) is 0 Å². The second kappa shape index (κ2) is 10.8. The Morgan fingerprint density at radius 1 is 1.10 bits per heavy atom. The van der Waals surface area contributed by atoms with Gasteiger partial charge in [0.1, 0.15) is 11.9 Å². The lowest BCUT2D eigenvalue weighted by molar-refractivity contribution is -0.131. The summed E-state index contributed by atoms with van der Waals surface area (Å²) in [5.74, 6) is 1.22. The van der Waals surface area contributed by atoms with E-state index >= 15 is 0 Å². The maximum atomic E-state index is 12.8. The molecule has 2 aromatic rings. The highest BCUT2D eigenvalue weighted by atomic mass is 16.5. The molecule has 0 spiro atoms. The lowest BCUT2D eigenvalue weighted by Crippen LogP contribution is -2.34. The van der Waals surface area contributed by atoms with E-state index in [1.54, 1.807) is 0 Å². The number of amides is 2. The first-order chi connectivity index (χ1) is 15.2. The number of nitrogens with zero attached hydrogens (tertiary/aromatic N) is 3. The maximum absolute atomic E-state index is 12.8. The van der Waals surface area contributed by atoms with Crippen LogP contribution in [0.4, 0.5) is 0 Å². The number of benzene rings is 1. The van der Waals surface area contributed by atoms with E-state index in [0.717, 1.165) is 68.5 Å². The summed E-state index contributed by atoms with van der Waals surface area (Å²) in [4.78, 5) is 31.8. The Labute approximate surface area is 184 Å². The molecule has 1 atom stereocenters. The van der Waals surface area contributed by atoms with Crippen LogP contribution in [0, 0.1) is 0 Å². The van der Waals surface area contributed by atoms with E-state index in [4.69, 9.17) is 9.72 Å². The van der Waals surface area contributed by atoms with Gasteiger partial charge in [-0.15, -0.1) is 0 Å². The zero-order chi connectivity index (χ0) is 21.5. The first-order valence-electron chi connectivity index (χ1n) is 11.8. The van der Waals surface area contributed by atoms with Crippen molar-refractivity contribution in [1.82, 2.24) is 19.8 Å². The van der Waals surface area contributed by atoms with Crippen molar-refractivity contribution in [2.45, 2.75) is 70.4 Å². The third-order valence-electron chi connectivity index (χ3n) is 6.34. The van der Waals surface area contributed by atoms with Gasteiger partial charge in [-0.3, -0.25) is 9.59 Å². The molecule has 3 heterocycles. The van der Waals surface area contributed by atoms with Crippen LogP contribution in [0.1, 0.15) is 57.2 Å². The molecule has 7 heteroatoms. The number of hydrogen-bond acceptors (Lipinski definition) is 4. The molecule has 2 aliphatic heterocycles. The van der Waals surface area contributed by atoms with Crippen LogP contribution < -0.4 is 5.32 Å². The van der Waals surface area contributed by atoms with E-state index in [0.29, 0.717) is 26.1 Å². The molecule has 0 aliphatic carbocycles. The monoisotopic (exact) mass is 426 g/mol. The van der Waals surface area contributed by atoms with E-state index in [-0.39, 0.29) is 17.9 Å². The third kappa shape index (κ3) is 5.64. The fraction of sp³-hybridized carbons (Fsp3) is 0.625. The Bertz CT molecular complexity index is 880. The van der Waals surface area contributed by atoms with Crippen LogP contribution in [0.5, 0.6) is 0 Å². The van der Waals surface area contributed by atoms with Gasteiger partial charge in [-0.25, -0.2) is 4.98 Å². The lowest BCUT2D eigenvalue weighted by Gasteiger charge is -2.20. The molecule has 2 amide bonds. The molecule has 31 heavy (non-hydrogen) atoms. The Kier molecular flexibility index (Phi) is 7.57. The Balaban J connectivity index is 1.35. The molecule has 2 fully saturated rings. The van der Waals surface area contributed by atoms with Gasteiger partial charge in [-0.05, 0) is 44.2 Å². The first kappa shape index (κ1) is 21.8. The van der Waals surface area contributed by atoms with Crippen LogP contribution in [-0.2, 0) is 27.3 Å². The van der Waals surface area contributed by atoms with Crippen molar-refractivity contribution in [2.24, 2.45) is 0 Å². The summed E-state index contributed by atoms with van der Waals surface area (Å²) in [6, 6.07) is 8.10. The number of nitrogens with one attached hydrogen (secondary N) is 1. The van der Waals surface area contributed by atoms with Crippen molar-refractivity contribution >= 4 is 22.8 Å². The minimum absolute atomic E-state index is 0.00551. The number of para-hydroxylation sites is 2. The molecule has 1 unspecified atom stereocenters. The second-order valence-electron chi connectivity index (χ2n) is 8.61. The zero-order valence-electron chi connectivity index (χ0n) is 18.4. The quantitative estimate of drug-likeness (QED) is 0.658.